The molecule has 0 fully saturated rings. The maximum absolute atomic E-state index is 13.2. The fourth-order valence-corrected chi connectivity index (χ4v) is 1.41. The van der Waals surface area contributed by atoms with Gasteiger partial charge in [0, 0.05) is 11.0 Å². The summed E-state index contributed by atoms with van der Waals surface area (Å²) in [6, 6.07) is 4.59. The summed E-state index contributed by atoms with van der Waals surface area (Å²) in [5, 5.41) is 2.95. The van der Waals surface area contributed by atoms with Crippen molar-refractivity contribution in [2.24, 2.45) is 0 Å². The third-order valence-corrected chi connectivity index (χ3v) is 2.25. The summed E-state index contributed by atoms with van der Waals surface area (Å²) < 4.78 is 19.3. The maximum atomic E-state index is 13.2. The van der Waals surface area contributed by atoms with Gasteiger partial charge < -0.3 is 10.1 Å². The van der Waals surface area contributed by atoms with E-state index in [0.29, 0.717) is 13.2 Å². The highest BCUT2D eigenvalue weighted by atomic mass is 79.9. The molecule has 0 aliphatic heterocycles. The zero-order valence-corrected chi connectivity index (χ0v) is 10.1. The van der Waals surface area contributed by atoms with Gasteiger partial charge >= 0.3 is 0 Å². The fourth-order valence-electron chi connectivity index (χ4n) is 1.07. The number of benzene rings is 1. The highest BCUT2D eigenvalue weighted by Crippen LogP contribution is 2.22. The van der Waals surface area contributed by atoms with Crippen molar-refractivity contribution in [2.45, 2.75) is 0 Å². The lowest BCUT2D eigenvalue weighted by molar-refractivity contribution is 0.329. The molecule has 1 rings (SSSR count). The average Bonchev–Trinajstić information content (AvgIpc) is 2.20. The second-order valence-corrected chi connectivity index (χ2v) is 4.06. The van der Waals surface area contributed by atoms with Crippen molar-refractivity contribution in [1.82, 2.24) is 5.32 Å². The van der Waals surface area contributed by atoms with Crippen LogP contribution in [0.2, 0.25) is 0 Å². The molecule has 0 atom stereocenters. The number of ether oxygens (including phenoxy) is 1. The van der Waals surface area contributed by atoms with Gasteiger partial charge in [-0.15, -0.1) is 0 Å². The van der Waals surface area contributed by atoms with E-state index in [1.165, 1.54) is 6.07 Å². The second-order valence-electron chi connectivity index (χ2n) is 3.14. The summed E-state index contributed by atoms with van der Waals surface area (Å²) >= 11 is 3.25. The predicted molar refractivity (Wildman–Crippen MR) is 62.7 cm³/mol. The topological polar surface area (TPSA) is 21.3 Å². The molecule has 4 heteroatoms. The van der Waals surface area contributed by atoms with Gasteiger partial charge in [0.2, 0.25) is 0 Å². The minimum Gasteiger partial charge on any atom is -0.486 e. The SMILES string of the molecule is C=C(CNC)COc1cc(Br)ccc1F. The fraction of sp³-hybridized carbons (Fsp3) is 0.273. The van der Waals surface area contributed by atoms with Crippen molar-refractivity contribution in [3.8, 4) is 5.75 Å². The van der Waals surface area contributed by atoms with Crippen LogP contribution in [0.5, 0.6) is 5.75 Å². The lowest BCUT2D eigenvalue weighted by Gasteiger charge is -2.09. The van der Waals surface area contributed by atoms with Gasteiger partial charge in [-0.3, -0.25) is 0 Å². The Morgan fingerprint density at radius 1 is 1.60 bits per heavy atom. The summed E-state index contributed by atoms with van der Waals surface area (Å²) in [5.41, 5.74) is 0.872. The number of halogens is 2. The molecule has 0 spiro atoms. The van der Waals surface area contributed by atoms with Crippen LogP contribution in [0.15, 0.2) is 34.8 Å². The van der Waals surface area contributed by atoms with Gasteiger partial charge in [-0.2, -0.15) is 0 Å². The molecule has 0 aliphatic rings. The van der Waals surface area contributed by atoms with Crippen molar-refractivity contribution in [3.05, 3.63) is 40.6 Å². The molecule has 1 aromatic carbocycles. The van der Waals surface area contributed by atoms with E-state index in [1.54, 1.807) is 12.1 Å². The summed E-state index contributed by atoms with van der Waals surface area (Å²) in [6.07, 6.45) is 0. The van der Waals surface area contributed by atoms with E-state index in [9.17, 15) is 4.39 Å². The highest BCUT2D eigenvalue weighted by Gasteiger charge is 2.04. The Balaban J connectivity index is 2.57. The largest absolute Gasteiger partial charge is 0.486 e. The molecule has 0 saturated carbocycles. The van der Waals surface area contributed by atoms with Crippen LogP contribution in [0.3, 0.4) is 0 Å². The van der Waals surface area contributed by atoms with Crippen molar-refractivity contribution >= 4 is 15.9 Å². The van der Waals surface area contributed by atoms with Gasteiger partial charge in [-0.05, 0) is 30.8 Å². The number of rotatable bonds is 5. The van der Waals surface area contributed by atoms with E-state index in [4.69, 9.17) is 4.74 Å². The molecule has 1 aromatic rings. The first kappa shape index (κ1) is 12.2. The molecule has 2 nitrogen and oxygen atoms in total. The van der Waals surface area contributed by atoms with E-state index in [1.807, 2.05) is 7.05 Å². The molecule has 15 heavy (non-hydrogen) atoms. The van der Waals surface area contributed by atoms with Gasteiger partial charge in [0.15, 0.2) is 11.6 Å². The van der Waals surface area contributed by atoms with E-state index in [0.717, 1.165) is 10.0 Å². The van der Waals surface area contributed by atoms with Crippen molar-refractivity contribution in [3.63, 3.8) is 0 Å². The monoisotopic (exact) mass is 273 g/mol. The minimum absolute atomic E-state index is 0.238. The van der Waals surface area contributed by atoms with Crippen molar-refractivity contribution in [1.29, 1.82) is 0 Å². The van der Waals surface area contributed by atoms with Crippen LogP contribution in [0.1, 0.15) is 0 Å². The molecule has 82 valence electrons. The Morgan fingerprint density at radius 2 is 2.33 bits per heavy atom. The Hall–Kier alpha value is -0.870. The van der Waals surface area contributed by atoms with Crippen molar-refractivity contribution < 1.29 is 9.13 Å². The highest BCUT2D eigenvalue weighted by molar-refractivity contribution is 9.10. The first-order valence-corrected chi connectivity index (χ1v) is 5.32. The average molecular weight is 274 g/mol. The smallest absolute Gasteiger partial charge is 0.165 e. The zero-order valence-electron chi connectivity index (χ0n) is 8.52. The Morgan fingerprint density at radius 3 is 3.00 bits per heavy atom. The number of hydrogen-bond acceptors (Lipinski definition) is 2. The third-order valence-electron chi connectivity index (χ3n) is 1.75. The summed E-state index contributed by atoms with van der Waals surface area (Å²) in [6.45, 7) is 4.77. The van der Waals surface area contributed by atoms with Gasteiger partial charge in [0.25, 0.3) is 0 Å². The first-order valence-electron chi connectivity index (χ1n) is 4.52. The number of nitrogens with one attached hydrogen (secondary N) is 1. The summed E-state index contributed by atoms with van der Waals surface area (Å²) in [7, 11) is 1.82. The standard InChI is InChI=1S/C11H13BrFNO/c1-8(6-14-2)7-15-11-5-9(12)3-4-10(11)13/h3-5,14H,1,6-7H2,2H3. The van der Waals surface area contributed by atoms with Crippen LogP contribution in [0, 0.1) is 5.82 Å². The molecule has 0 saturated heterocycles. The van der Waals surface area contributed by atoms with Crippen LogP contribution in [-0.4, -0.2) is 20.2 Å². The number of hydrogen-bond donors (Lipinski definition) is 1. The molecule has 0 unspecified atom stereocenters. The number of likely N-dealkylation sites (N-methyl/N-ethyl adjacent to an activating group) is 1. The molecular weight excluding hydrogens is 261 g/mol. The van der Waals surface area contributed by atoms with Crippen LogP contribution in [-0.2, 0) is 0 Å². The van der Waals surface area contributed by atoms with Crippen molar-refractivity contribution in [2.75, 3.05) is 20.2 Å². The molecular formula is C11H13BrFNO. The summed E-state index contributed by atoms with van der Waals surface area (Å²) in [4.78, 5) is 0. The van der Waals surface area contributed by atoms with Crippen LogP contribution >= 0.6 is 15.9 Å². The maximum Gasteiger partial charge on any atom is 0.165 e. The van der Waals surface area contributed by atoms with Gasteiger partial charge in [0.1, 0.15) is 6.61 Å². The van der Waals surface area contributed by atoms with Crippen LogP contribution in [0.4, 0.5) is 4.39 Å². The molecule has 0 aromatic heterocycles. The van der Waals surface area contributed by atoms with Crippen LogP contribution in [0.25, 0.3) is 0 Å². The lowest BCUT2D eigenvalue weighted by Crippen LogP contribution is -2.14. The van der Waals surface area contributed by atoms with E-state index >= 15 is 0 Å². The lowest BCUT2D eigenvalue weighted by atomic mass is 10.3. The quantitative estimate of drug-likeness (QED) is 0.834. The van der Waals surface area contributed by atoms with Gasteiger partial charge in [-0.1, -0.05) is 22.5 Å². The molecule has 0 aliphatic carbocycles. The normalized spacial score (nSPS) is 10.1. The van der Waals surface area contributed by atoms with Gasteiger partial charge in [0.05, 0.1) is 0 Å². The van der Waals surface area contributed by atoms with Gasteiger partial charge in [-0.25, -0.2) is 4.39 Å². The summed E-state index contributed by atoms with van der Waals surface area (Å²) in [5.74, 6) is -0.128. The Bertz CT molecular complexity index is 354. The third kappa shape index (κ3) is 4.01. The first-order chi connectivity index (χ1) is 7.13. The predicted octanol–water partition coefficient (Wildman–Crippen LogP) is 2.74. The molecule has 0 bridgehead atoms. The minimum atomic E-state index is -0.365. The van der Waals surface area contributed by atoms with Crippen LogP contribution < -0.4 is 10.1 Å². The van der Waals surface area contributed by atoms with E-state index < -0.39 is 0 Å². The molecule has 0 heterocycles. The van der Waals surface area contributed by atoms with E-state index in [2.05, 4.69) is 27.8 Å². The van der Waals surface area contributed by atoms with E-state index in [-0.39, 0.29) is 11.6 Å². The second kappa shape index (κ2) is 5.88. The molecule has 0 radical (unpaired) electrons. The molecule has 0 amide bonds. The zero-order chi connectivity index (χ0) is 11.3. The molecule has 1 N–H and O–H groups in total. The Kier molecular flexibility index (Phi) is 4.78. The Labute approximate surface area is 97.3 Å².